The molecule has 1 aliphatic rings. The van der Waals surface area contributed by atoms with Crippen LogP contribution in [0.3, 0.4) is 0 Å². The third-order valence-electron chi connectivity index (χ3n) is 6.26. The highest BCUT2D eigenvalue weighted by Gasteiger charge is 2.35. The highest BCUT2D eigenvalue weighted by atomic mass is 79.9. The molecule has 1 aromatic heterocycles. The van der Waals surface area contributed by atoms with Crippen molar-refractivity contribution in [3.63, 3.8) is 0 Å². The first-order valence-electron chi connectivity index (χ1n) is 12.2. The number of carbonyl (C=O) groups excluding carboxylic acids is 1. The van der Waals surface area contributed by atoms with Crippen LogP contribution in [0.1, 0.15) is 29.7 Å². The Bertz CT molecular complexity index is 1760. The van der Waals surface area contributed by atoms with E-state index in [1.165, 1.54) is 11.3 Å². The number of fused-ring (bicyclic) bond motifs is 1. The summed E-state index contributed by atoms with van der Waals surface area (Å²) in [6, 6.07) is 21.6. The Morgan fingerprint density at radius 3 is 2.56 bits per heavy atom. The van der Waals surface area contributed by atoms with Crippen LogP contribution in [0.25, 0.3) is 11.8 Å². The third-order valence-corrected chi connectivity index (χ3v) is 7.74. The van der Waals surface area contributed by atoms with Gasteiger partial charge in [-0.25, -0.2) is 9.79 Å². The summed E-state index contributed by atoms with van der Waals surface area (Å²) in [6.07, 6.45) is 1.78. The highest BCUT2D eigenvalue weighted by Crippen LogP contribution is 2.36. The average molecular weight is 606 g/mol. The number of benzene rings is 3. The van der Waals surface area contributed by atoms with E-state index in [1.807, 2.05) is 72.8 Å². The Hall–Kier alpha value is -3.95. The molecular weight excluding hydrogens is 580 g/mol. The molecule has 0 radical (unpaired) electrons. The van der Waals surface area contributed by atoms with E-state index in [0.717, 1.165) is 15.6 Å². The lowest BCUT2D eigenvalue weighted by molar-refractivity contribution is -0.138. The number of ether oxygens (including phenoxy) is 3. The summed E-state index contributed by atoms with van der Waals surface area (Å²) in [6.45, 7) is 1.93. The molecule has 5 rings (SSSR count). The van der Waals surface area contributed by atoms with Crippen molar-refractivity contribution in [3.8, 4) is 11.5 Å². The number of aromatic nitrogens is 1. The number of esters is 1. The van der Waals surface area contributed by atoms with Crippen LogP contribution in [0.4, 0.5) is 0 Å². The summed E-state index contributed by atoms with van der Waals surface area (Å²) in [5.74, 6) is 0.705. The molecule has 2 heterocycles. The van der Waals surface area contributed by atoms with E-state index in [4.69, 9.17) is 19.2 Å². The molecule has 9 heteroatoms. The fraction of sp³-hybridized carbons (Fsp3) is 0.167. The lowest BCUT2D eigenvalue weighted by atomic mass is 9.93. The minimum absolute atomic E-state index is 0.183. The molecule has 0 saturated heterocycles. The van der Waals surface area contributed by atoms with Crippen molar-refractivity contribution in [2.75, 3.05) is 20.8 Å². The second-order valence-corrected chi connectivity index (χ2v) is 10.5. The zero-order valence-electron chi connectivity index (χ0n) is 21.5. The first-order chi connectivity index (χ1) is 18.9. The van der Waals surface area contributed by atoms with Gasteiger partial charge in [0, 0.05) is 15.6 Å². The summed E-state index contributed by atoms with van der Waals surface area (Å²) in [4.78, 5) is 32.9. The van der Waals surface area contributed by atoms with Crippen LogP contribution in [0.15, 0.2) is 92.6 Å². The molecule has 198 valence electrons. The standard InChI is InChI=1S/C30H25BrN2O5S/c1-4-38-29(35)25-26(18-9-6-5-7-10-18)32-30-33(27(25)19-11-8-12-22(16-19)36-2)28(34)24(39-30)17-20-15-21(31)13-14-23(20)37-3/h5-17,27H,4H2,1-3H3/b24-17-/t27-/m1/s1. The van der Waals surface area contributed by atoms with Crippen molar-refractivity contribution < 1.29 is 19.0 Å². The van der Waals surface area contributed by atoms with Crippen LogP contribution in [-0.2, 0) is 9.53 Å². The number of halogens is 1. The van der Waals surface area contributed by atoms with Gasteiger partial charge in [0.1, 0.15) is 11.5 Å². The molecule has 0 unspecified atom stereocenters. The molecule has 0 bridgehead atoms. The lowest BCUT2D eigenvalue weighted by Gasteiger charge is -2.26. The van der Waals surface area contributed by atoms with Gasteiger partial charge in [0.2, 0.25) is 0 Å². The summed E-state index contributed by atoms with van der Waals surface area (Å²) < 4.78 is 19.4. The molecule has 7 nitrogen and oxygen atoms in total. The van der Waals surface area contributed by atoms with Crippen LogP contribution in [0.5, 0.6) is 11.5 Å². The van der Waals surface area contributed by atoms with Crippen molar-refractivity contribution in [3.05, 3.63) is 119 Å². The summed E-state index contributed by atoms with van der Waals surface area (Å²) >= 11 is 4.75. The quantitative estimate of drug-likeness (QED) is 0.285. The smallest absolute Gasteiger partial charge is 0.338 e. The molecular formula is C30H25BrN2O5S. The molecule has 4 aromatic rings. The third kappa shape index (κ3) is 5.20. The largest absolute Gasteiger partial charge is 0.497 e. The number of carbonyl (C=O) groups is 1. The Balaban J connectivity index is 1.85. The average Bonchev–Trinajstić information content (AvgIpc) is 3.27. The number of rotatable bonds is 7. The first-order valence-corrected chi connectivity index (χ1v) is 13.8. The number of nitrogens with zero attached hydrogens (tertiary/aromatic N) is 2. The van der Waals surface area contributed by atoms with Gasteiger partial charge < -0.3 is 14.2 Å². The van der Waals surface area contributed by atoms with Crippen molar-refractivity contribution >= 4 is 45.0 Å². The van der Waals surface area contributed by atoms with Gasteiger partial charge in [-0.1, -0.05) is 69.7 Å². The van der Waals surface area contributed by atoms with Crippen molar-refractivity contribution in [1.82, 2.24) is 4.57 Å². The van der Waals surface area contributed by atoms with Crippen LogP contribution < -0.4 is 24.4 Å². The van der Waals surface area contributed by atoms with Gasteiger partial charge in [-0.3, -0.25) is 9.36 Å². The van der Waals surface area contributed by atoms with Gasteiger partial charge in [0.05, 0.1) is 42.7 Å². The monoisotopic (exact) mass is 604 g/mol. The molecule has 0 fully saturated rings. The van der Waals surface area contributed by atoms with E-state index in [2.05, 4.69) is 15.9 Å². The summed E-state index contributed by atoms with van der Waals surface area (Å²) in [5, 5.41) is 0. The Labute approximate surface area is 237 Å². The van der Waals surface area contributed by atoms with E-state index in [-0.39, 0.29) is 17.7 Å². The molecule has 0 spiro atoms. The molecule has 0 amide bonds. The lowest BCUT2D eigenvalue weighted by Crippen LogP contribution is -2.40. The van der Waals surface area contributed by atoms with Crippen LogP contribution in [0, 0.1) is 0 Å². The maximum atomic E-state index is 14.0. The Morgan fingerprint density at radius 2 is 1.85 bits per heavy atom. The van der Waals surface area contributed by atoms with E-state index >= 15 is 0 Å². The molecule has 0 N–H and O–H groups in total. The maximum absolute atomic E-state index is 14.0. The molecule has 0 aliphatic carbocycles. The first kappa shape index (κ1) is 26.6. The topological polar surface area (TPSA) is 79.1 Å². The second kappa shape index (κ2) is 11.4. The number of hydrogen-bond donors (Lipinski definition) is 0. The van der Waals surface area contributed by atoms with Crippen LogP contribution in [-0.4, -0.2) is 31.4 Å². The molecule has 0 saturated carbocycles. The van der Waals surface area contributed by atoms with Gasteiger partial charge in [-0.15, -0.1) is 0 Å². The normalized spacial score (nSPS) is 15.0. The molecule has 1 atom stereocenters. The predicted molar refractivity (Wildman–Crippen MR) is 155 cm³/mol. The minimum atomic E-state index is -0.780. The van der Waals surface area contributed by atoms with Gasteiger partial charge in [0.15, 0.2) is 4.80 Å². The fourth-order valence-electron chi connectivity index (χ4n) is 4.53. The van der Waals surface area contributed by atoms with Crippen LogP contribution in [0.2, 0.25) is 0 Å². The van der Waals surface area contributed by atoms with Gasteiger partial charge in [0.25, 0.3) is 5.56 Å². The van der Waals surface area contributed by atoms with Crippen molar-refractivity contribution in [2.45, 2.75) is 13.0 Å². The van der Waals surface area contributed by atoms with E-state index in [9.17, 15) is 9.59 Å². The van der Waals surface area contributed by atoms with Crippen molar-refractivity contribution in [1.29, 1.82) is 0 Å². The Kier molecular flexibility index (Phi) is 7.81. The van der Waals surface area contributed by atoms with Gasteiger partial charge in [-0.2, -0.15) is 0 Å². The number of methoxy groups -OCH3 is 2. The molecule has 1 aliphatic heterocycles. The van der Waals surface area contributed by atoms with E-state index < -0.39 is 12.0 Å². The van der Waals surface area contributed by atoms with Crippen LogP contribution >= 0.6 is 27.3 Å². The van der Waals surface area contributed by atoms with E-state index in [1.54, 1.807) is 31.8 Å². The predicted octanol–water partition coefficient (Wildman–Crippen LogP) is 4.72. The summed E-state index contributed by atoms with van der Waals surface area (Å²) in [7, 11) is 3.16. The van der Waals surface area contributed by atoms with Crippen molar-refractivity contribution in [2.24, 2.45) is 4.99 Å². The molecule has 39 heavy (non-hydrogen) atoms. The zero-order chi connectivity index (χ0) is 27.5. The van der Waals surface area contributed by atoms with E-state index in [0.29, 0.717) is 32.1 Å². The fourth-order valence-corrected chi connectivity index (χ4v) is 5.90. The Morgan fingerprint density at radius 1 is 1.05 bits per heavy atom. The number of hydrogen-bond acceptors (Lipinski definition) is 7. The highest BCUT2D eigenvalue weighted by molar-refractivity contribution is 9.10. The van der Waals surface area contributed by atoms with Gasteiger partial charge in [-0.05, 0) is 48.9 Å². The van der Waals surface area contributed by atoms with Gasteiger partial charge >= 0.3 is 5.97 Å². The zero-order valence-corrected chi connectivity index (χ0v) is 23.9. The molecule has 3 aromatic carbocycles. The maximum Gasteiger partial charge on any atom is 0.338 e. The minimum Gasteiger partial charge on any atom is -0.497 e. The SMILES string of the molecule is CCOC(=O)C1=C(c2ccccc2)N=c2s/c(=C\c3cc(Br)ccc3OC)c(=O)n2[C@@H]1c1cccc(OC)c1. The second-order valence-electron chi connectivity index (χ2n) is 8.59. The number of thiazole rings is 1. The summed E-state index contributed by atoms with van der Waals surface area (Å²) in [5.41, 5.74) is 2.67.